The predicted molar refractivity (Wildman–Crippen MR) is 87.3 cm³/mol. The lowest BCUT2D eigenvalue weighted by molar-refractivity contribution is -0.138. The van der Waals surface area contributed by atoms with Crippen LogP contribution in [0.2, 0.25) is 0 Å². The molecule has 0 aliphatic rings. The Kier molecular flexibility index (Phi) is 4.64. The Morgan fingerprint density at radius 1 is 0.692 bits per heavy atom. The quantitative estimate of drug-likeness (QED) is 0.382. The minimum atomic E-state index is -4.51. The van der Waals surface area contributed by atoms with E-state index in [0.717, 1.165) is 24.3 Å². The highest BCUT2D eigenvalue weighted by Crippen LogP contribution is 2.39. The van der Waals surface area contributed by atoms with E-state index >= 15 is 0 Å². The number of hydrogen-bond donors (Lipinski definition) is 0. The zero-order valence-corrected chi connectivity index (χ0v) is 14.3. The molecule has 0 unspecified atom stereocenters. The van der Waals surface area contributed by atoms with Crippen LogP contribution in [-0.2, 0) is 12.4 Å². The van der Waals surface area contributed by atoms with Crippen molar-refractivity contribution in [3.05, 3.63) is 70.2 Å². The van der Waals surface area contributed by atoms with Crippen molar-refractivity contribution in [2.24, 2.45) is 0 Å². The first-order valence-electron chi connectivity index (χ1n) is 7.20. The molecule has 0 fully saturated rings. The van der Waals surface area contributed by atoms with E-state index in [2.05, 4.69) is 15.9 Å². The van der Waals surface area contributed by atoms with Gasteiger partial charge in [0.2, 0.25) is 0 Å². The summed E-state index contributed by atoms with van der Waals surface area (Å²) in [4.78, 5) is 0. The number of hydrogen-bond acceptors (Lipinski definition) is 1. The van der Waals surface area contributed by atoms with E-state index in [9.17, 15) is 26.3 Å². The molecule has 0 aliphatic heterocycles. The van der Waals surface area contributed by atoms with E-state index in [0.29, 0.717) is 4.47 Å². The van der Waals surface area contributed by atoms with Gasteiger partial charge in [0.15, 0.2) is 0 Å². The molecule has 26 heavy (non-hydrogen) atoms. The molecule has 0 radical (unpaired) electrons. The van der Waals surface area contributed by atoms with Crippen molar-refractivity contribution < 1.29 is 30.8 Å². The van der Waals surface area contributed by atoms with E-state index in [1.54, 1.807) is 0 Å². The Morgan fingerprint density at radius 3 is 1.73 bits per heavy atom. The highest BCUT2D eigenvalue weighted by Gasteiger charge is 2.32. The van der Waals surface area contributed by atoms with E-state index in [4.69, 9.17) is 4.42 Å². The number of alkyl halides is 6. The van der Waals surface area contributed by atoms with Gasteiger partial charge in [-0.3, -0.25) is 0 Å². The summed E-state index contributed by atoms with van der Waals surface area (Å²) in [6.45, 7) is 0. The Bertz CT molecular complexity index is 939. The third kappa shape index (κ3) is 3.80. The Balaban J connectivity index is 2.04. The van der Waals surface area contributed by atoms with Gasteiger partial charge in [0.05, 0.1) is 15.6 Å². The zero-order chi connectivity index (χ0) is 19.1. The van der Waals surface area contributed by atoms with E-state index in [1.165, 1.54) is 30.3 Å². The van der Waals surface area contributed by atoms with Crippen LogP contribution >= 0.6 is 15.9 Å². The molecule has 3 rings (SSSR count). The van der Waals surface area contributed by atoms with Crippen molar-refractivity contribution in [2.45, 2.75) is 12.4 Å². The van der Waals surface area contributed by atoms with Crippen LogP contribution in [0.5, 0.6) is 0 Å². The summed E-state index contributed by atoms with van der Waals surface area (Å²) in [5, 5.41) is 0. The monoisotopic (exact) mass is 434 g/mol. The molecule has 1 aromatic heterocycles. The fourth-order valence-corrected chi connectivity index (χ4v) is 2.91. The summed E-state index contributed by atoms with van der Waals surface area (Å²) in [5.74, 6) is 0.207. The van der Waals surface area contributed by atoms with E-state index < -0.39 is 23.5 Å². The van der Waals surface area contributed by atoms with Gasteiger partial charge in [-0.2, -0.15) is 26.3 Å². The third-order valence-corrected chi connectivity index (χ3v) is 4.20. The van der Waals surface area contributed by atoms with Gasteiger partial charge in [0.25, 0.3) is 0 Å². The van der Waals surface area contributed by atoms with E-state index in [-0.39, 0.29) is 22.6 Å². The maximum atomic E-state index is 12.9. The molecule has 0 amide bonds. The average Bonchev–Trinajstić information content (AvgIpc) is 2.95. The summed E-state index contributed by atoms with van der Waals surface area (Å²) in [6.07, 6.45) is -9.03. The molecular formula is C18H9BrF6O. The highest BCUT2D eigenvalue weighted by molar-refractivity contribution is 9.10. The van der Waals surface area contributed by atoms with Crippen LogP contribution in [0.25, 0.3) is 22.6 Å². The molecule has 0 bridgehead atoms. The SMILES string of the molecule is FC(F)(F)c1cccc(-c2cc(Br)c(-c3cccc(C(F)(F)F)c3)o2)c1. The smallest absolute Gasteiger partial charge is 0.416 e. The van der Waals surface area contributed by atoms with Crippen LogP contribution in [0, 0.1) is 0 Å². The molecule has 0 saturated carbocycles. The van der Waals surface area contributed by atoms with Crippen LogP contribution in [0.4, 0.5) is 26.3 Å². The molecule has 1 nitrogen and oxygen atoms in total. The van der Waals surface area contributed by atoms with Gasteiger partial charge in [0, 0.05) is 11.1 Å². The van der Waals surface area contributed by atoms with Crippen molar-refractivity contribution >= 4 is 15.9 Å². The number of halogens is 7. The standard InChI is InChI=1S/C18H9BrF6O/c19-14-9-15(10-3-1-5-12(7-10)17(20,21)22)26-16(14)11-4-2-6-13(8-11)18(23,24)25/h1-9H. The average molecular weight is 435 g/mol. The van der Waals surface area contributed by atoms with Crippen LogP contribution in [0.3, 0.4) is 0 Å². The Morgan fingerprint density at radius 2 is 1.19 bits per heavy atom. The van der Waals surface area contributed by atoms with Crippen molar-refractivity contribution in [1.29, 1.82) is 0 Å². The van der Waals surface area contributed by atoms with Gasteiger partial charge in [-0.05, 0) is 46.3 Å². The Hall–Kier alpha value is -2.22. The van der Waals surface area contributed by atoms with Crippen molar-refractivity contribution in [1.82, 2.24) is 0 Å². The lowest BCUT2D eigenvalue weighted by Crippen LogP contribution is -2.04. The summed E-state index contributed by atoms with van der Waals surface area (Å²) in [6, 6.07) is 10.4. The third-order valence-electron chi connectivity index (χ3n) is 3.61. The van der Waals surface area contributed by atoms with Gasteiger partial charge in [0.1, 0.15) is 11.5 Å². The minimum Gasteiger partial charge on any atom is -0.455 e. The molecule has 2 aromatic carbocycles. The molecule has 0 aliphatic carbocycles. The maximum Gasteiger partial charge on any atom is 0.416 e. The van der Waals surface area contributed by atoms with Crippen LogP contribution in [0.1, 0.15) is 11.1 Å². The summed E-state index contributed by atoms with van der Waals surface area (Å²) in [5.41, 5.74) is -1.37. The van der Waals surface area contributed by atoms with Gasteiger partial charge in [-0.1, -0.05) is 24.3 Å². The summed E-state index contributed by atoms with van der Waals surface area (Å²) >= 11 is 3.19. The van der Waals surface area contributed by atoms with Gasteiger partial charge >= 0.3 is 12.4 Å². The number of furan rings is 1. The molecule has 0 N–H and O–H groups in total. The van der Waals surface area contributed by atoms with Crippen molar-refractivity contribution in [3.8, 4) is 22.6 Å². The summed E-state index contributed by atoms with van der Waals surface area (Å²) in [7, 11) is 0. The predicted octanol–water partition coefficient (Wildman–Crippen LogP) is 7.41. The van der Waals surface area contributed by atoms with Crippen LogP contribution in [-0.4, -0.2) is 0 Å². The normalized spacial score (nSPS) is 12.4. The highest BCUT2D eigenvalue weighted by atomic mass is 79.9. The topological polar surface area (TPSA) is 13.1 Å². The zero-order valence-electron chi connectivity index (χ0n) is 12.8. The Labute approximate surface area is 152 Å². The first-order chi connectivity index (χ1) is 12.1. The summed E-state index contributed by atoms with van der Waals surface area (Å²) < 4.78 is 83.0. The fourth-order valence-electron chi connectivity index (χ4n) is 2.39. The molecule has 8 heteroatoms. The second kappa shape index (κ2) is 6.50. The molecule has 3 aromatic rings. The van der Waals surface area contributed by atoms with Crippen molar-refractivity contribution in [2.75, 3.05) is 0 Å². The molecule has 1 heterocycles. The molecule has 0 saturated heterocycles. The van der Waals surface area contributed by atoms with Gasteiger partial charge < -0.3 is 4.42 Å². The number of benzene rings is 2. The van der Waals surface area contributed by atoms with Gasteiger partial charge in [-0.15, -0.1) is 0 Å². The lowest BCUT2D eigenvalue weighted by atomic mass is 10.1. The second-order valence-corrected chi connectivity index (χ2v) is 6.30. The molecular weight excluding hydrogens is 426 g/mol. The van der Waals surface area contributed by atoms with Crippen LogP contribution < -0.4 is 0 Å². The number of rotatable bonds is 2. The lowest BCUT2D eigenvalue weighted by Gasteiger charge is -2.08. The van der Waals surface area contributed by atoms with E-state index in [1.807, 2.05) is 0 Å². The molecule has 136 valence electrons. The minimum absolute atomic E-state index is 0.100. The van der Waals surface area contributed by atoms with Crippen LogP contribution in [0.15, 0.2) is 63.5 Å². The van der Waals surface area contributed by atoms with Gasteiger partial charge in [-0.25, -0.2) is 0 Å². The first-order valence-corrected chi connectivity index (χ1v) is 7.99. The molecule has 0 atom stereocenters. The van der Waals surface area contributed by atoms with Crippen molar-refractivity contribution in [3.63, 3.8) is 0 Å². The fraction of sp³-hybridized carbons (Fsp3) is 0.111. The maximum absolute atomic E-state index is 12.9. The first kappa shape index (κ1) is 18.6. The largest absolute Gasteiger partial charge is 0.455 e. The molecule has 0 spiro atoms. The second-order valence-electron chi connectivity index (χ2n) is 5.44.